The smallest absolute Gasteiger partial charge is 0.289 e. The topological polar surface area (TPSA) is 99.6 Å². The number of nitrogens with one attached hydrogen (secondary N) is 2. The van der Waals surface area contributed by atoms with Gasteiger partial charge in [-0.3, -0.25) is 9.89 Å². The second-order valence-electron chi connectivity index (χ2n) is 7.03. The number of ether oxygens (including phenoxy) is 1. The van der Waals surface area contributed by atoms with E-state index in [1.807, 2.05) is 42.5 Å². The zero-order valence-corrected chi connectivity index (χ0v) is 17.2. The Morgan fingerprint density at radius 2 is 1.78 bits per heavy atom. The molecule has 4 aromatic rings. The van der Waals surface area contributed by atoms with Gasteiger partial charge in [0.25, 0.3) is 5.91 Å². The van der Waals surface area contributed by atoms with Gasteiger partial charge >= 0.3 is 0 Å². The van der Waals surface area contributed by atoms with Gasteiger partial charge < -0.3 is 9.84 Å². The molecule has 0 unspecified atom stereocenters. The Labute approximate surface area is 185 Å². The fourth-order valence-corrected chi connectivity index (χ4v) is 3.06. The maximum atomic E-state index is 12.3. The number of hydrogen-bond donors (Lipinski definition) is 3. The Morgan fingerprint density at radius 3 is 2.56 bits per heavy atom. The molecule has 0 spiro atoms. The third-order valence-corrected chi connectivity index (χ3v) is 4.78. The molecular formula is C25H22N4O3. The number of aromatic nitrogens is 2. The van der Waals surface area contributed by atoms with E-state index >= 15 is 0 Å². The molecule has 4 rings (SSSR count). The van der Waals surface area contributed by atoms with Crippen LogP contribution in [-0.4, -0.2) is 34.0 Å². The number of phenolic OH excluding ortho intramolecular Hbond substituents is 1. The number of aromatic amines is 1. The molecule has 0 bridgehead atoms. The van der Waals surface area contributed by atoms with Crippen LogP contribution < -0.4 is 10.2 Å². The van der Waals surface area contributed by atoms with Crippen molar-refractivity contribution in [3.63, 3.8) is 0 Å². The summed E-state index contributed by atoms with van der Waals surface area (Å²) in [6, 6.07) is 26.1. The first-order valence-corrected chi connectivity index (χ1v) is 10.1. The SMILES string of the molecule is O=C(N/N=C\c1ccccc1O)c1cc(-c2ccc(OCCc3ccccc3)cc2)n[nH]1. The van der Waals surface area contributed by atoms with Crippen molar-refractivity contribution in [3.05, 3.63) is 102 Å². The molecule has 0 atom stereocenters. The van der Waals surface area contributed by atoms with Crippen molar-refractivity contribution >= 4 is 12.1 Å². The first-order chi connectivity index (χ1) is 15.7. The molecule has 0 aliphatic rings. The van der Waals surface area contributed by atoms with Crippen LogP contribution in [0.5, 0.6) is 11.5 Å². The zero-order valence-electron chi connectivity index (χ0n) is 17.2. The fraction of sp³-hybridized carbons (Fsp3) is 0.0800. The Kier molecular flexibility index (Phi) is 6.57. The third kappa shape index (κ3) is 5.40. The fourth-order valence-electron chi connectivity index (χ4n) is 3.06. The predicted octanol–water partition coefficient (Wildman–Crippen LogP) is 4.17. The summed E-state index contributed by atoms with van der Waals surface area (Å²) in [4.78, 5) is 12.3. The summed E-state index contributed by atoms with van der Waals surface area (Å²) < 4.78 is 5.81. The molecule has 3 N–H and O–H groups in total. The summed E-state index contributed by atoms with van der Waals surface area (Å²) in [6.07, 6.45) is 2.22. The summed E-state index contributed by atoms with van der Waals surface area (Å²) in [5.41, 5.74) is 5.92. The average Bonchev–Trinajstić information content (AvgIpc) is 3.32. The normalized spacial score (nSPS) is 10.9. The quantitative estimate of drug-likeness (QED) is 0.291. The van der Waals surface area contributed by atoms with E-state index in [-0.39, 0.29) is 11.4 Å². The van der Waals surface area contributed by atoms with E-state index in [4.69, 9.17) is 4.74 Å². The summed E-state index contributed by atoms with van der Waals surface area (Å²) in [5.74, 6) is 0.426. The Hall–Kier alpha value is -4.39. The van der Waals surface area contributed by atoms with Gasteiger partial charge in [0.05, 0.1) is 18.5 Å². The molecular weight excluding hydrogens is 404 g/mol. The van der Waals surface area contributed by atoms with Gasteiger partial charge in [-0.25, -0.2) is 5.43 Å². The molecule has 0 fully saturated rings. The van der Waals surface area contributed by atoms with Crippen molar-refractivity contribution in [2.45, 2.75) is 6.42 Å². The van der Waals surface area contributed by atoms with Crippen molar-refractivity contribution in [1.29, 1.82) is 0 Å². The number of aromatic hydroxyl groups is 1. The Morgan fingerprint density at radius 1 is 1.03 bits per heavy atom. The van der Waals surface area contributed by atoms with Crippen LogP contribution in [-0.2, 0) is 6.42 Å². The minimum Gasteiger partial charge on any atom is -0.507 e. The van der Waals surface area contributed by atoms with Crippen LogP contribution in [0.4, 0.5) is 0 Å². The molecule has 160 valence electrons. The maximum Gasteiger partial charge on any atom is 0.289 e. The van der Waals surface area contributed by atoms with Gasteiger partial charge in [0.2, 0.25) is 0 Å². The van der Waals surface area contributed by atoms with Crippen LogP contribution >= 0.6 is 0 Å². The number of H-pyrrole nitrogens is 1. The largest absolute Gasteiger partial charge is 0.507 e. The number of hydrogen-bond acceptors (Lipinski definition) is 5. The van der Waals surface area contributed by atoms with E-state index in [0.29, 0.717) is 17.9 Å². The van der Waals surface area contributed by atoms with Crippen molar-refractivity contribution < 1.29 is 14.6 Å². The number of carbonyl (C=O) groups excluding carboxylic acids is 1. The minimum absolute atomic E-state index is 0.0850. The van der Waals surface area contributed by atoms with Gasteiger partial charge in [0.15, 0.2) is 0 Å². The first kappa shape index (κ1) is 20.9. The zero-order chi connectivity index (χ0) is 22.2. The Bertz CT molecular complexity index is 1200. The molecule has 3 aromatic carbocycles. The number of amides is 1. The third-order valence-electron chi connectivity index (χ3n) is 4.78. The highest BCUT2D eigenvalue weighted by molar-refractivity contribution is 5.94. The van der Waals surface area contributed by atoms with Gasteiger partial charge in [-0.15, -0.1) is 0 Å². The molecule has 7 nitrogen and oxygen atoms in total. The van der Waals surface area contributed by atoms with Crippen LogP contribution in [0.2, 0.25) is 0 Å². The number of nitrogens with zero attached hydrogens (tertiary/aromatic N) is 2. The minimum atomic E-state index is -0.434. The molecule has 0 aliphatic heterocycles. The van der Waals surface area contributed by atoms with Crippen LogP contribution in [0.3, 0.4) is 0 Å². The van der Waals surface area contributed by atoms with E-state index < -0.39 is 5.91 Å². The van der Waals surface area contributed by atoms with Crippen molar-refractivity contribution in [3.8, 4) is 22.8 Å². The second kappa shape index (κ2) is 10.1. The lowest BCUT2D eigenvalue weighted by molar-refractivity contribution is 0.0950. The molecule has 0 saturated carbocycles. The second-order valence-corrected chi connectivity index (χ2v) is 7.03. The number of para-hydroxylation sites is 1. The van der Waals surface area contributed by atoms with E-state index in [0.717, 1.165) is 17.7 Å². The van der Waals surface area contributed by atoms with Gasteiger partial charge in [-0.05, 0) is 48.0 Å². The van der Waals surface area contributed by atoms with Gasteiger partial charge in [-0.2, -0.15) is 10.2 Å². The molecule has 0 radical (unpaired) electrons. The van der Waals surface area contributed by atoms with Gasteiger partial charge in [0, 0.05) is 17.5 Å². The molecule has 0 aliphatic carbocycles. The Balaban J connectivity index is 1.31. The molecule has 32 heavy (non-hydrogen) atoms. The predicted molar refractivity (Wildman–Crippen MR) is 123 cm³/mol. The maximum absolute atomic E-state index is 12.3. The number of rotatable bonds is 8. The average molecular weight is 426 g/mol. The number of carbonyl (C=O) groups is 1. The molecule has 7 heteroatoms. The van der Waals surface area contributed by atoms with Crippen LogP contribution in [0.1, 0.15) is 21.6 Å². The molecule has 1 amide bonds. The molecule has 1 heterocycles. The summed E-state index contributed by atoms with van der Waals surface area (Å²) in [7, 11) is 0. The molecule has 1 aromatic heterocycles. The van der Waals surface area contributed by atoms with Gasteiger partial charge in [-0.1, -0.05) is 42.5 Å². The highest BCUT2D eigenvalue weighted by atomic mass is 16.5. The highest BCUT2D eigenvalue weighted by Crippen LogP contribution is 2.21. The van der Waals surface area contributed by atoms with E-state index in [9.17, 15) is 9.90 Å². The van der Waals surface area contributed by atoms with Gasteiger partial charge in [0.1, 0.15) is 17.2 Å². The highest BCUT2D eigenvalue weighted by Gasteiger charge is 2.10. The van der Waals surface area contributed by atoms with E-state index in [2.05, 4.69) is 32.9 Å². The van der Waals surface area contributed by atoms with E-state index in [1.54, 1.807) is 30.3 Å². The number of benzene rings is 3. The summed E-state index contributed by atoms with van der Waals surface area (Å²) in [5, 5.41) is 20.5. The number of hydrazone groups is 1. The van der Waals surface area contributed by atoms with Crippen LogP contribution in [0, 0.1) is 0 Å². The first-order valence-electron chi connectivity index (χ1n) is 10.1. The van der Waals surface area contributed by atoms with Crippen molar-refractivity contribution in [1.82, 2.24) is 15.6 Å². The van der Waals surface area contributed by atoms with E-state index in [1.165, 1.54) is 11.8 Å². The number of phenols is 1. The standard InChI is InChI=1S/C25H22N4O3/c30-24-9-5-4-8-20(24)17-26-29-25(31)23-16-22(27-28-23)19-10-12-21(13-11-19)32-15-14-18-6-2-1-3-7-18/h1-13,16-17,30H,14-15H2,(H,27,28)(H,29,31)/b26-17-. The summed E-state index contributed by atoms with van der Waals surface area (Å²) >= 11 is 0. The van der Waals surface area contributed by atoms with Crippen molar-refractivity contribution in [2.24, 2.45) is 5.10 Å². The van der Waals surface area contributed by atoms with Crippen LogP contribution in [0.25, 0.3) is 11.3 Å². The monoisotopic (exact) mass is 426 g/mol. The lowest BCUT2D eigenvalue weighted by atomic mass is 10.1. The van der Waals surface area contributed by atoms with Crippen molar-refractivity contribution in [2.75, 3.05) is 6.61 Å². The lowest BCUT2D eigenvalue weighted by Gasteiger charge is -2.06. The summed E-state index contributed by atoms with van der Waals surface area (Å²) in [6.45, 7) is 0.595. The molecule has 0 saturated heterocycles. The lowest BCUT2D eigenvalue weighted by Crippen LogP contribution is -2.18. The van der Waals surface area contributed by atoms with Crippen LogP contribution in [0.15, 0.2) is 90.0 Å².